The van der Waals surface area contributed by atoms with Crippen LogP contribution in [-0.2, 0) is 4.79 Å². The van der Waals surface area contributed by atoms with Gasteiger partial charge in [-0.3, -0.25) is 4.79 Å². The van der Waals surface area contributed by atoms with Crippen LogP contribution < -0.4 is 0 Å². The third-order valence-electron chi connectivity index (χ3n) is 6.43. The quantitative estimate of drug-likeness (QED) is 0.794. The van der Waals surface area contributed by atoms with Crippen LogP contribution in [0.25, 0.3) is 0 Å². The van der Waals surface area contributed by atoms with Gasteiger partial charge in [0.25, 0.3) is 0 Å². The largest absolute Gasteiger partial charge is 0.342 e. The van der Waals surface area contributed by atoms with E-state index in [0.717, 1.165) is 56.8 Å². The van der Waals surface area contributed by atoms with Gasteiger partial charge < -0.3 is 14.7 Å². The standard InChI is InChI=1S/C19H35N3O/c1-15(2)17-6-10-21(11-7-17)12-16-13-22(14-16)19(23)18-4-8-20(3)9-5-18/h15-18H,4-14H2,1-3H3. The molecule has 3 rings (SSSR count). The summed E-state index contributed by atoms with van der Waals surface area (Å²) in [5.74, 6) is 3.22. The molecule has 3 fully saturated rings. The van der Waals surface area contributed by atoms with E-state index in [-0.39, 0.29) is 0 Å². The fourth-order valence-corrected chi connectivity index (χ4v) is 4.55. The van der Waals surface area contributed by atoms with Gasteiger partial charge >= 0.3 is 0 Å². The predicted molar refractivity (Wildman–Crippen MR) is 94.3 cm³/mol. The zero-order valence-corrected chi connectivity index (χ0v) is 15.3. The molecule has 0 radical (unpaired) electrons. The van der Waals surface area contributed by atoms with Crippen LogP contribution in [0, 0.1) is 23.7 Å². The Morgan fingerprint density at radius 3 is 2.17 bits per heavy atom. The van der Waals surface area contributed by atoms with Crippen molar-refractivity contribution in [3.05, 3.63) is 0 Å². The van der Waals surface area contributed by atoms with Gasteiger partial charge in [-0.05, 0) is 70.7 Å². The van der Waals surface area contributed by atoms with E-state index in [0.29, 0.717) is 11.8 Å². The third kappa shape index (κ3) is 4.27. The molecule has 0 N–H and O–H groups in total. The van der Waals surface area contributed by atoms with Crippen molar-refractivity contribution in [2.45, 2.75) is 39.5 Å². The number of nitrogens with zero attached hydrogens (tertiary/aromatic N) is 3. The second kappa shape index (κ2) is 7.52. The van der Waals surface area contributed by atoms with Crippen LogP contribution >= 0.6 is 0 Å². The molecule has 3 aliphatic heterocycles. The number of likely N-dealkylation sites (tertiary alicyclic amines) is 3. The summed E-state index contributed by atoms with van der Waals surface area (Å²) in [6.45, 7) is 12.6. The van der Waals surface area contributed by atoms with Gasteiger partial charge in [0.05, 0.1) is 0 Å². The molecule has 3 heterocycles. The number of piperidine rings is 2. The molecule has 0 atom stereocenters. The normalized spacial score (nSPS) is 26.7. The van der Waals surface area contributed by atoms with Crippen LogP contribution in [0.2, 0.25) is 0 Å². The third-order valence-corrected chi connectivity index (χ3v) is 6.43. The maximum absolute atomic E-state index is 12.5. The van der Waals surface area contributed by atoms with Crippen molar-refractivity contribution < 1.29 is 4.79 Å². The van der Waals surface area contributed by atoms with Crippen molar-refractivity contribution in [3.63, 3.8) is 0 Å². The van der Waals surface area contributed by atoms with E-state index in [4.69, 9.17) is 0 Å². The predicted octanol–water partition coefficient (Wildman–Crippen LogP) is 2.15. The molecule has 132 valence electrons. The average Bonchev–Trinajstić information content (AvgIpc) is 2.51. The SMILES string of the molecule is CC(C)C1CCN(CC2CN(C(=O)C3CCN(C)CC3)C2)CC1. The summed E-state index contributed by atoms with van der Waals surface area (Å²) in [6.07, 6.45) is 4.84. The number of amides is 1. The van der Waals surface area contributed by atoms with E-state index in [9.17, 15) is 4.79 Å². The average molecular weight is 322 g/mol. The van der Waals surface area contributed by atoms with Crippen LogP contribution in [-0.4, -0.2) is 73.5 Å². The molecule has 3 aliphatic rings. The van der Waals surface area contributed by atoms with Gasteiger partial charge in [0, 0.05) is 31.5 Å². The van der Waals surface area contributed by atoms with Crippen LogP contribution in [0.15, 0.2) is 0 Å². The molecule has 23 heavy (non-hydrogen) atoms. The first-order valence-corrected chi connectivity index (χ1v) is 9.72. The molecule has 0 unspecified atom stereocenters. The van der Waals surface area contributed by atoms with E-state index in [1.807, 2.05) is 0 Å². The number of carbonyl (C=O) groups is 1. The molecule has 0 spiro atoms. The molecule has 0 bridgehead atoms. The maximum Gasteiger partial charge on any atom is 0.225 e. The van der Waals surface area contributed by atoms with Gasteiger partial charge in [-0.2, -0.15) is 0 Å². The highest BCUT2D eigenvalue weighted by atomic mass is 16.2. The Hall–Kier alpha value is -0.610. The first kappa shape index (κ1) is 17.2. The summed E-state index contributed by atoms with van der Waals surface area (Å²) < 4.78 is 0. The molecule has 0 aromatic heterocycles. The number of hydrogen-bond donors (Lipinski definition) is 0. The van der Waals surface area contributed by atoms with Crippen LogP contribution in [0.5, 0.6) is 0 Å². The first-order valence-electron chi connectivity index (χ1n) is 9.72. The second-order valence-corrected chi connectivity index (χ2v) is 8.57. The summed E-state index contributed by atoms with van der Waals surface area (Å²) in [4.78, 5) is 19.6. The maximum atomic E-state index is 12.5. The Labute approximate surface area is 142 Å². The summed E-state index contributed by atoms with van der Waals surface area (Å²) >= 11 is 0. The minimum absolute atomic E-state index is 0.300. The smallest absolute Gasteiger partial charge is 0.225 e. The molecule has 0 aromatic carbocycles. The summed E-state index contributed by atoms with van der Waals surface area (Å²) in [6, 6.07) is 0. The van der Waals surface area contributed by atoms with Gasteiger partial charge in [0.1, 0.15) is 0 Å². The Kier molecular flexibility index (Phi) is 5.63. The second-order valence-electron chi connectivity index (χ2n) is 8.57. The van der Waals surface area contributed by atoms with Gasteiger partial charge in [-0.15, -0.1) is 0 Å². The van der Waals surface area contributed by atoms with E-state index in [1.54, 1.807) is 0 Å². The van der Waals surface area contributed by atoms with Crippen LogP contribution in [0.3, 0.4) is 0 Å². The van der Waals surface area contributed by atoms with Crippen molar-refractivity contribution in [2.24, 2.45) is 23.7 Å². The van der Waals surface area contributed by atoms with Gasteiger partial charge in [-0.25, -0.2) is 0 Å². The van der Waals surface area contributed by atoms with Crippen molar-refractivity contribution >= 4 is 5.91 Å². The number of carbonyl (C=O) groups excluding carboxylic acids is 1. The lowest BCUT2D eigenvalue weighted by Gasteiger charge is -2.45. The molecule has 1 amide bonds. The Bertz CT molecular complexity index is 389. The molecule has 3 saturated heterocycles. The molecular weight excluding hydrogens is 286 g/mol. The lowest BCUT2D eigenvalue weighted by atomic mass is 9.86. The summed E-state index contributed by atoms with van der Waals surface area (Å²) in [5, 5.41) is 0. The van der Waals surface area contributed by atoms with Crippen molar-refractivity contribution in [1.29, 1.82) is 0 Å². The number of rotatable bonds is 4. The number of hydrogen-bond acceptors (Lipinski definition) is 3. The van der Waals surface area contributed by atoms with E-state index in [2.05, 4.69) is 35.6 Å². The zero-order chi connectivity index (χ0) is 16.4. The monoisotopic (exact) mass is 321 g/mol. The minimum Gasteiger partial charge on any atom is -0.342 e. The van der Waals surface area contributed by atoms with E-state index in [1.165, 1.54) is 32.5 Å². The lowest BCUT2D eigenvalue weighted by Crippen LogP contribution is -2.56. The molecular formula is C19H35N3O. The van der Waals surface area contributed by atoms with Crippen molar-refractivity contribution in [1.82, 2.24) is 14.7 Å². The van der Waals surface area contributed by atoms with Crippen LogP contribution in [0.1, 0.15) is 39.5 Å². The fraction of sp³-hybridized carbons (Fsp3) is 0.947. The molecule has 0 saturated carbocycles. The fourth-order valence-electron chi connectivity index (χ4n) is 4.55. The summed E-state index contributed by atoms with van der Waals surface area (Å²) in [7, 11) is 2.16. The van der Waals surface area contributed by atoms with E-state index >= 15 is 0 Å². The van der Waals surface area contributed by atoms with Gasteiger partial charge in [0.15, 0.2) is 0 Å². The highest BCUT2D eigenvalue weighted by molar-refractivity contribution is 5.79. The van der Waals surface area contributed by atoms with Crippen molar-refractivity contribution in [3.8, 4) is 0 Å². The minimum atomic E-state index is 0.300. The first-order chi connectivity index (χ1) is 11.0. The Morgan fingerprint density at radius 2 is 1.61 bits per heavy atom. The van der Waals surface area contributed by atoms with E-state index < -0.39 is 0 Å². The van der Waals surface area contributed by atoms with Crippen LogP contribution in [0.4, 0.5) is 0 Å². The Balaban J connectivity index is 1.34. The molecule has 0 aliphatic carbocycles. The lowest BCUT2D eigenvalue weighted by molar-refractivity contribution is -0.144. The summed E-state index contributed by atoms with van der Waals surface area (Å²) in [5.41, 5.74) is 0. The molecule has 4 heteroatoms. The highest BCUT2D eigenvalue weighted by Crippen LogP contribution is 2.28. The molecule has 0 aromatic rings. The Morgan fingerprint density at radius 1 is 1.00 bits per heavy atom. The highest BCUT2D eigenvalue weighted by Gasteiger charge is 2.36. The molecule has 4 nitrogen and oxygen atoms in total. The van der Waals surface area contributed by atoms with Gasteiger partial charge in [-0.1, -0.05) is 13.8 Å². The van der Waals surface area contributed by atoms with Gasteiger partial charge in [0.2, 0.25) is 5.91 Å². The topological polar surface area (TPSA) is 26.8 Å². The zero-order valence-electron chi connectivity index (χ0n) is 15.3. The van der Waals surface area contributed by atoms with Crippen molar-refractivity contribution in [2.75, 3.05) is 52.9 Å².